The molecule has 0 aliphatic heterocycles. The Morgan fingerprint density at radius 2 is 1.40 bits per heavy atom. The van der Waals surface area contributed by atoms with Gasteiger partial charge in [0.05, 0.1) is 7.11 Å². The largest absolute Gasteiger partial charge is 0.471 e. The molecule has 0 aromatic rings. The average molecular weight is 146 g/mol. The van der Waals surface area contributed by atoms with E-state index in [0.29, 0.717) is 6.47 Å². The molecule has 0 heterocycles. The van der Waals surface area contributed by atoms with Gasteiger partial charge in [0.2, 0.25) is 12.2 Å². The van der Waals surface area contributed by atoms with Crippen molar-refractivity contribution in [2.75, 3.05) is 7.11 Å². The maximum atomic E-state index is 8.95. The molecule has 0 aromatic carbocycles. The summed E-state index contributed by atoms with van der Waals surface area (Å²) in [6.07, 6.45) is 1.50. The summed E-state index contributed by atoms with van der Waals surface area (Å²) in [4.78, 5) is 25.6. The fourth-order valence-electron chi connectivity index (χ4n) is 0. The van der Waals surface area contributed by atoms with Crippen molar-refractivity contribution in [3.8, 4) is 0 Å². The van der Waals surface area contributed by atoms with Crippen molar-refractivity contribution < 1.29 is 19.1 Å². The number of isocyanates is 2. The number of nitrogens with one attached hydrogen (secondary N) is 2. The Morgan fingerprint density at radius 3 is 1.40 bits per heavy atom. The molecule has 6 nitrogen and oxygen atoms in total. The minimum atomic E-state index is 0.375. The van der Waals surface area contributed by atoms with Crippen LogP contribution < -0.4 is 0 Å². The lowest BCUT2D eigenvalue weighted by Crippen LogP contribution is -1.68. The zero-order chi connectivity index (χ0) is 8.83. The van der Waals surface area contributed by atoms with Crippen LogP contribution in [0.3, 0.4) is 0 Å². The van der Waals surface area contributed by atoms with Gasteiger partial charge in [-0.25, -0.2) is 20.4 Å². The monoisotopic (exact) mass is 146 g/mol. The summed E-state index contributed by atoms with van der Waals surface area (Å²) in [5, 5.41) is 10.8. The first-order valence-electron chi connectivity index (χ1n) is 1.79. The third kappa shape index (κ3) is 287. The van der Waals surface area contributed by atoms with E-state index < -0.39 is 0 Å². The summed E-state index contributed by atoms with van der Waals surface area (Å²) < 4.78 is 3.86. The van der Waals surface area contributed by atoms with Crippen LogP contribution in [0, 0.1) is 10.8 Å². The van der Waals surface area contributed by atoms with Gasteiger partial charge >= 0.3 is 0 Å². The molecule has 0 radical (unpaired) electrons. The Bertz CT molecular complexity index is 109. The van der Waals surface area contributed by atoms with Crippen LogP contribution in [0.1, 0.15) is 0 Å². The molecule has 0 saturated carbocycles. The number of ether oxygens (including phenoxy) is 1. The Hall–Kier alpha value is -1.77. The van der Waals surface area contributed by atoms with Crippen molar-refractivity contribution in [1.82, 2.24) is 0 Å². The first kappa shape index (κ1) is 15.7. The summed E-state index contributed by atoms with van der Waals surface area (Å²) in [7, 11) is 1.31. The van der Waals surface area contributed by atoms with Crippen LogP contribution in [0.15, 0.2) is 0 Å². The van der Waals surface area contributed by atoms with Crippen LogP contribution in [0.2, 0.25) is 0 Å². The van der Waals surface area contributed by atoms with E-state index in [9.17, 15) is 0 Å². The minimum absolute atomic E-state index is 0.375. The van der Waals surface area contributed by atoms with Gasteiger partial charge in [0, 0.05) is 0 Å². The summed E-state index contributed by atoms with van der Waals surface area (Å²) in [6, 6.07) is 0. The predicted molar refractivity (Wildman–Crippen MR) is 29.9 cm³/mol. The second kappa shape index (κ2) is 56.4. The van der Waals surface area contributed by atoms with E-state index in [2.05, 4.69) is 4.74 Å². The SMILES string of the molecule is COC=O.N=C=O.N=C=O. The molecule has 0 unspecified atom stereocenters. The second-order valence-electron chi connectivity index (χ2n) is 0.536. The van der Waals surface area contributed by atoms with Gasteiger partial charge in [0.1, 0.15) is 0 Å². The Morgan fingerprint density at radius 1 is 1.30 bits per heavy atom. The third-order valence-electron chi connectivity index (χ3n) is 0.0962. The van der Waals surface area contributed by atoms with E-state index in [0.717, 1.165) is 12.2 Å². The number of hydrogen-bond acceptors (Lipinski definition) is 6. The third-order valence-corrected chi connectivity index (χ3v) is 0.0962. The summed E-state index contributed by atoms with van der Waals surface area (Å²) in [5.41, 5.74) is 0. The molecule has 10 heavy (non-hydrogen) atoms. The van der Waals surface area contributed by atoms with Gasteiger partial charge in [-0.05, 0) is 0 Å². The topological polar surface area (TPSA) is 108 Å². The lowest BCUT2D eigenvalue weighted by Gasteiger charge is -1.67. The first-order valence-corrected chi connectivity index (χ1v) is 1.79. The molecule has 6 heteroatoms. The van der Waals surface area contributed by atoms with E-state index in [4.69, 9.17) is 25.2 Å². The van der Waals surface area contributed by atoms with Crippen molar-refractivity contribution in [2.24, 2.45) is 0 Å². The highest BCUT2D eigenvalue weighted by Crippen LogP contribution is 1.35. The van der Waals surface area contributed by atoms with Crippen LogP contribution in [0.4, 0.5) is 0 Å². The highest BCUT2D eigenvalue weighted by Gasteiger charge is 1.44. The zero-order valence-electron chi connectivity index (χ0n) is 5.21. The number of methoxy groups -OCH3 is 1. The smallest absolute Gasteiger partial charge is 0.292 e. The number of carbonyl (C=O) groups is 1. The molecule has 0 atom stereocenters. The van der Waals surface area contributed by atoms with Crippen LogP contribution in [0.25, 0.3) is 0 Å². The molecule has 0 rings (SSSR count). The summed E-state index contributed by atoms with van der Waals surface area (Å²) in [6.45, 7) is 0.375. The normalized spacial score (nSPS) is 3.70. The molecular formula is C4H6N2O4. The number of hydrogen-bond donors (Lipinski definition) is 2. The van der Waals surface area contributed by atoms with Crippen LogP contribution in [-0.2, 0) is 19.1 Å². The standard InChI is InChI=1S/C2H4O2.2CHNO/c1-4-2-3;2*2-1-3/h2H,1H3;2*2H. The Kier molecular flexibility index (Phi) is 88.8. The molecule has 0 fully saturated rings. The van der Waals surface area contributed by atoms with Gasteiger partial charge in [-0.1, -0.05) is 0 Å². The fraction of sp³-hybridized carbons (Fsp3) is 0.250. The van der Waals surface area contributed by atoms with Gasteiger partial charge in [0.15, 0.2) is 0 Å². The maximum Gasteiger partial charge on any atom is 0.292 e. The van der Waals surface area contributed by atoms with Crippen LogP contribution >= 0.6 is 0 Å². The van der Waals surface area contributed by atoms with Crippen LogP contribution in [-0.4, -0.2) is 25.7 Å². The van der Waals surface area contributed by atoms with E-state index in [1.807, 2.05) is 0 Å². The Labute approximate surface area is 56.8 Å². The molecule has 0 saturated heterocycles. The zero-order valence-corrected chi connectivity index (χ0v) is 5.21. The molecule has 0 bridgehead atoms. The van der Waals surface area contributed by atoms with Gasteiger partial charge in [-0.15, -0.1) is 0 Å². The van der Waals surface area contributed by atoms with Crippen molar-refractivity contribution in [1.29, 1.82) is 10.8 Å². The quantitative estimate of drug-likeness (QED) is 0.297. The maximum absolute atomic E-state index is 8.95. The van der Waals surface area contributed by atoms with Crippen molar-refractivity contribution >= 4 is 18.6 Å². The van der Waals surface area contributed by atoms with Crippen molar-refractivity contribution in [3.05, 3.63) is 0 Å². The Balaban J connectivity index is -0.0000000750. The number of rotatable bonds is 1. The van der Waals surface area contributed by atoms with E-state index in [1.165, 1.54) is 7.11 Å². The average Bonchev–Trinajstić information content (AvgIpc) is 1.91. The van der Waals surface area contributed by atoms with E-state index >= 15 is 0 Å². The molecule has 0 spiro atoms. The predicted octanol–water partition coefficient (Wildman–Crippen LogP) is -0.409. The van der Waals surface area contributed by atoms with E-state index in [-0.39, 0.29) is 0 Å². The molecule has 56 valence electrons. The molecule has 2 N–H and O–H groups in total. The van der Waals surface area contributed by atoms with Crippen molar-refractivity contribution in [2.45, 2.75) is 0 Å². The molecule has 0 aromatic heterocycles. The lowest BCUT2D eigenvalue weighted by molar-refractivity contribution is -0.126. The fourth-order valence-corrected chi connectivity index (χ4v) is 0. The minimum Gasteiger partial charge on any atom is -0.471 e. The second-order valence-corrected chi connectivity index (χ2v) is 0.536. The highest BCUT2D eigenvalue weighted by molar-refractivity contribution is 5.36. The number of carbonyl (C=O) groups excluding carboxylic acids is 3. The van der Waals surface area contributed by atoms with Gasteiger partial charge in [0.25, 0.3) is 6.47 Å². The lowest BCUT2D eigenvalue weighted by atomic mass is 11.5. The molecule has 0 aliphatic rings. The first-order chi connectivity index (χ1) is 4.74. The van der Waals surface area contributed by atoms with E-state index in [1.54, 1.807) is 0 Å². The van der Waals surface area contributed by atoms with Gasteiger partial charge in [-0.3, -0.25) is 4.79 Å². The highest BCUT2D eigenvalue weighted by atomic mass is 16.5. The summed E-state index contributed by atoms with van der Waals surface area (Å²) >= 11 is 0. The van der Waals surface area contributed by atoms with Gasteiger partial charge < -0.3 is 4.74 Å². The molecular weight excluding hydrogens is 140 g/mol. The molecule has 0 aliphatic carbocycles. The van der Waals surface area contributed by atoms with Crippen molar-refractivity contribution in [3.63, 3.8) is 0 Å². The van der Waals surface area contributed by atoms with Gasteiger partial charge in [-0.2, -0.15) is 0 Å². The van der Waals surface area contributed by atoms with Crippen LogP contribution in [0.5, 0.6) is 0 Å². The summed E-state index contributed by atoms with van der Waals surface area (Å²) in [5.74, 6) is 0. The molecule has 0 amide bonds.